The first-order chi connectivity index (χ1) is 9.81. The number of nitrogens with one attached hydrogen (secondary N) is 1. The standard InChI is InChI=1S/C15H19Cl2NO3/c1-9(2)6-10(7-13(19)20)8-18-15(21)14-11(16)4-3-5-12(14)17/h3-5,9-10H,6-8H2,1-2H3,(H,18,21)(H,19,20)/t10-/m0/s1. The van der Waals surface area contributed by atoms with Gasteiger partial charge in [0.2, 0.25) is 0 Å². The molecule has 4 nitrogen and oxygen atoms in total. The summed E-state index contributed by atoms with van der Waals surface area (Å²) in [6.45, 7) is 4.31. The maximum absolute atomic E-state index is 12.1. The SMILES string of the molecule is CC(C)C[C@H](CNC(=O)c1c(Cl)cccc1Cl)CC(=O)O. The van der Waals surface area contributed by atoms with Crippen molar-refractivity contribution in [2.75, 3.05) is 6.54 Å². The van der Waals surface area contributed by atoms with Gasteiger partial charge in [0.05, 0.1) is 15.6 Å². The summed E-state index contributed by atoms with van der Waals surface area (Å²) < 4.78 is 0. The summed E-state index contributed by atoms with van der Waals surface area (Å²) in [5.41, 5.74) is 0.222. The number of rotatable bonds is 7. The van der Waals surface area contributed by atoms with E-state index >= 15 is 0 Å². The molecule has 2 N–H and O–H groups in total. The van der Waals surface area contributed by atoms with Gasteiger partial charge >= 0.3 is 5.97 Å². The van der Waals surface area contributed by atoms with Crippen LogP contribution in [0.3, 0.4) is 0 Å². The Hall–Kier alpha value is -1.26. The highest BCUT2D eigenvalue weighted by Gasteiger charge is 2.19. The van der Waals surface area contributed by atoms with Crippen molar-refractivity contribution < 1.29 is 14.7 Å². The smallest absolute Gasteiger partial charge is 0.303 e. The molecule has 0 spiro atoms. The molecule has 1 aromatic carbocycles. The third-order valence-corrected chi connectivity index (χ3v) is 3.64. The van der Waals surface area contributed by atoms with E-state index in [4.69, 9.17) is 28.3 Å². The van der Waals surface area contributed by atoms with Crippen molar-refractivity contribution in [3.8, 4) is 0 Å². The zero-order valence-corrected chi connectivity index (χ0v) is 13.5. The molecule has 0 saturated heterocycles. The Morgan fingerprint density at radius 2 is 1.81 bits per heavy atom. The van der Waals surface area contributed by atoms with E-state index in [0.29, 0.717) is 5.92 Å². The van der Waals surface area contributed by atoms with Gasteiger partial charge in [0.25, 0.3) is 5.91 Å². The van der Waals surface area contributed by atoms with Crippen LogP contribution in [-0.4, -0.2) is 23.5 Å². The summed E-state index contributed by atoms with van der Waals surface area (Å²) in [5.74, 6) is -1.02. The van der Waals surface area contributed by atoms with E-state index in [9.17, 15) is 9.59 Å². The van der Waals surface area contributed by atoms with Crippen molar-refractivity contribution in [1.82, 2.24) is 5.32 Å². The van der Waals surface area contributed by atoms with Gasteiger partial charge in [-0.15, -0.1) is 0 Å². The fraction of sp³-hybridized carbons (Fsp3) is 0.467. The Morgan fingerprint density at radius 3 is 2.29 bits per heavy atom. The maximum Gasteiger partial charge on any atom is 0.303 e. The molecule has 0 unspecified atom stereocenters. The molecule has 21 heavy (non-hydrogen) atoms. The zero-order valence-electron chi connectivity index (χ0n) is 12.0. The number of halogens is 2. The molecule has 116 valence electrons. The van der Waals surface area contributed by atoms with Crippen LogP contribution in [0.15, 0.2) is 18.2 Å². The summed E-state index contributed by atoms with van der Waals surface area (Å²) in [7, 11) is 0. The van der Waals surface area contributed by atoms with Crippen LogP contribution in [0, 0.1) is 11.8 Å². The van der Waals surface area contributed by atoms with Crippen LogP contribution in [0.4, 0.5) is 0 Å². The summed E-state index contributed by atoms with van der Waals surface area (Å²) in [6.07, 6.45) is 0.748. The predicted octanol–water partition coefficient (Wildman–Crippen LogP) is 3.86. The second-order valence-electron chi connectivity index (χ2n) is 5.40. The Bertz CT molecular complexity index is 497. The van der Waals surface area contributed by atoms with Gasteiger partial charge in [-0.25, -0.2) is 0 Å². The van der Waals surface area contributed by atoms with Gasteiger partial charge in [-0.3, -0.25) is 9.59 Å². The molecule has 0 aliphatic rings. The van der Waals surface area contributed by atoms with Crippen LogP contribution in [0.25, 0.3) is 0 Å². The third-order valence-electron chi connectivity index (χ3n) is 3.01. The predicted molar refractivity (Wildman–Crippen MR) is 84.0 cm³/mol. The molecule has 0 aliphatic carbocycles. The number of benzene rings is 1. The number of amides is 1. The number of hydrogen-bond acceptors (Lipinski definition) is 2. The molecule has 0 fully saturated rings. The minimum atomic E-state index is -0.870. The van der Waals surface area contributed by atoms with Crippen LogP contribution in [0.5, 0.6) is 0 Å². The summed E-state index contributed by atoms with van der Waals surface area (Å²) in [6, 6.07) is 4.84. The highest BCUT2D eigenvalue weighted by molar-refractivity contribution is 6.39. The highest BCUT2D eigenvalue weighted by atomic mass is 35.5. The molecule has 0 heterocycles. The van der Waals surface area contributed by atoms with Crippen LogP contribution in [0.2, 0.25) is 10.0 Å². The number of hydrogen-bond donors (Lipinski definition) is 2. The lowest BCUT2D eigenvalue weighted by Gasteiger charge is -2.18. The minimum absolute atomic E-state index is 0.0225. The van der Waals surface area contributed by atoms with Crippen molar-refractivity contribution >= 4 is 35.1 Å². The number of carboxylic acid groups (broad SMARTS) is 1. The van der Waals surface area contributed by atoms with E-state index in [1.165, 1.54) is 0 Å². The second kappa shape index (κ2) is 8.25. The first-order valence-electron chi connectivity index (χ1n) is 6.75. The Morgan fingerprint density at radius 1 is 1.24 bits per heavy atom. The second-order valence-corrected chi connectivity index (χ2v) is 6.21. The van der Waals surface area contributed by atoms with E-state index in [1.54, 1.807) is 18.2 Å². The Labute approximate surface area is 134 Å². The maximum atomic E-state index is 12.1. The largest absolute Gasteiger partial charge is 0.481 e. The van der Waals surface area contributed by atoms with E-state index in [0.717, 1.165) is 6.42 Å². The topological polar surface area (TPSA) is 66.4 Å². The van der Waals surface area contributed by atoms with Crippen molar-refractivity contribution in [3.63, 3.8) is 0 Å². The van der Waals surface area contributed by atoms with Crippen molar-refractivity contribution in [2.24, 2.45) is 11.8 Å². The molecule has 1 rings (SSSR count). The Kier molecular flexibility index (Phi) is 6.99. The molecule has 1 atom stereocenters. The van der Waals surface area contributed by atoms with Crippen LogP contribution >= 0.6 is 23.2 Å². The average Bonchev–Trinajstić information content (AvgIpc) is 2.34. The summed E-state index contributed by atoms with van der Waals surface area (Å²) >= 11 is 11.9. The lowest BCUT2D eigenvalue weighted by atomic mass is 9.94. The molecule has 0 aliphatic heterocycles. The molecule has 1 amide bonds. The lowest BCUT2D eigenvalue weighted by molar-refractivity contribution is -0.138. The zero-order chi connectivity index (χ0) is 16.0. The van der Waals surface area contributed by atoms with E-state index < -0.39 is 5.97 Å². The molecule has 0 radical (unpaired) electrons. The first kappa shape index (κ1) is 17.8. The number of carboxylic acids is 1. The lowest BCUT2D eigenvalue weighted by Crippen LogP contribution is -2.31. The molecule has 0 bridgehead atoms. The molecular weight excluding hydrogens is 313 g/mol. The normalized spacial score (nSPS) is 12.2. The molecule has 0 saturated carbocycles. The van der Waals surface area contributed by atoms with Crippen molar-refractivity contribution in [1.29, 1.82) is 0 Å². The van der Waals surface area contributed by atoms with Gasteiger partial charge in [-0.05, 0) is 30.4 Å². The quantitative estimate of drug-likeness (QED) is 0.797. The van der Waals surface area contributed by atoms with Crippen LogP contribution in [0.1, 0.15) is 37.0 Å². The molecule has 0 aromatic heterocycles. The molecular formula is C15H19Cl2NO3. The molecule has 1 aromatic rings. The molecule has 6 heteroatoms. The first-order valence-corrected chi connectivity index (χ1v) is 7.50. The Balaban J connectivity index is 2.70. The average molecular weight is 332 g/mol. The summed E-state index contributed by atoms with van der Waals surface area (Å²) in [5, 5.41) is 12.2. The van der Waals surface area contributed by atoms with Crippen LogP contribution < -0.4 is 5.32 Å². The van der Waals surface area contributed by atoms with Gasteiger partial charge in [-0.2, -0.15) is 0 Å². The van der Waals surface area contributed by atoms with Crippen LogP contribution in [-0.2, 0) is 4.79 Å². The minimum Gasteiger partial charge on any atom is -0.481 e. The fourth-order valence-electron chi connectivity index (χ4n) is 2.19. The van der Waals surface area contributed by atoms with Gasteiger partial charge < -0.3 is 10.4 Å². The van der Waals surface area contributed by atoms with Gasteiger partial charge in [-0.1, -0.05) is 43.1 Å². The van der Waals surface area contributed by atoms with E-state index in [1.807, 2.05) is 13.8 Å². The van der Waals surface area contributed by atoms with E-state index in [-0.39, 0.29) is 40.4 Å². The number of aliphatic carboxylic acids is 1. The third kappa shape index (κ3) is 5.94. The number of carbonyl (C=O) groups is 2. The van der Waals surface area contributed by atoms with Gasteiger partial charge in [0.15, 0.2) is 0 Å². The van der Waals surface area contributed by atoms with Crippen molar-refractivity contribution in [2.45, 2.75) is 26.7 Å². The summed E-state index contributed by atoms with van der Waals surface area (Å²) in [4.78, 5) is 23.0. The highest BCUT2D eigenvalue weighted by Crippen LogP contribution is 2.24. The van der Waals surface area contributed by atoms with Gasteiger partial charge in [0.1, 0.15) is 0 Å². The monoisotopic (exact) mass is 331 g/mol. The van der Waals surface area contributed by atoms with Gasteiger partial charge in [0, 0.05) is 13.0 Å². The fourth-order valence-corrected chi connectivity index (χ4v) is 2.76. The van der Waals surface area contributed by atoms with Crippen molar-refractivity contribution in [3.05, 3.63) is 33.8 Å². The number of carbonyl (C=O) groups excluding carboxylic acids is 1. The van der Waals surface area contributed by atoms with E-state index in [2.05, 4.69) is 5.32 Å².